The summed E-state index contributed by atoms with van der Waals surface area (Å²) in [6.07, 6.45) is 4.98. The lowest BCUT2D eigenvalue weighted by atomic mass is 9.79. The van der Waals surface area contributed by atoms with Crippen LogP contribution in [0.4, 0.5) is 5.69 Å². The second-order valence-corrected chi connectivity index (χ2v) is 10.3. The van der Waals surface area contributed by atoms with E-state index in [1.165, 1.54) is 0 Å². The van der Waals surface area contributed by atoms with Crippen LogP contribution in [0, 0.1) is 12.8 Å². The highest BCUT2D eigenvalue weighted by atomic mass is 35.5. The number of para-hydroxylation sites is 1. The molecule has 4 aromatic rings. The number of aromatic nitrogens is 4. The molecule has 39 heavy (non-hydrogen) atoms. The number of amides is 1. The van der Waals surface area contributed by atoms with E-state index in [9.17, 15) is 9.59 Å². The number of halogens is 1. The normalized spacial score (nSPS) is 17.1. The van der Waals surface area contributed by atoms with Crippen LogP contribution in [0.5, 0.6) is 5.75 Å². The van der Waals surface area contributed by atoms with Crippen molar-refractivity contribution < 1.29 is 9.53 Å². The quantitative estimate of drug-likeness (QED) is 0.312. The van der Waals surface area contributed by atoms with Gasteiger partial charge < -0.3 is 10.1 Å². The van der Waals surface area contributed by atoms with Crippen LogP contribution in [-0.4, -0.2) is 31.8 Å². The fourth-order valence-electron chi connectivity index (χ4n) is 5.32. The fourth-order valence-corrected chi connectivity index (χ4v) is 5.49. The van der Waals surface area contributed by atoms with Crippen molar-refractivity contribution in [2.24, 2.45) is 13.0 Å². The van der Waals surface area contributed by atoms with Crippen molar-refractivity contribution in [3.05, 3.63) is 87.6 Å². The zero-order chi connectivity index (χ0) is 27.5. The van der Waals surface area contributed by atoms with Crippen LogP contribution in [0.2, 0.25) is 5.02 Å². The van der Waals surface area contributed by atoms with Gasteiger partial charge in [-0.15, -0.1) is 0 Å². The Balaban J connectivity index is 1.36. The number of carbonyl (C=O) groups is 1. The van der Waals surface area contributed by atoms with Crippen molar-refractivity contribution in [3.8, 4) is 22.8 Å². The monoisotopic (exact) mass is 545 g/mol. The van der Waals surface area contributed by atoms with Crippen LogP contribution in [0.25, 0.3) is 17.1 Å². The van der Waals surface area contributed by atoms with Gasteiger partial charge in [0.2, 0.25) is 5.91 Å². The Morgan fingerprint density at radius 1 is 1.15 bits per heavy atom. The maximum absolute atomic E-state index is 13.4. The molecule has 2 aromatic carbocycles. The molecule has 0 spiro atoms. The van der Waals surface area contributed by atoms with E-state index in [-0.39, 0.29) is 23.3 Å². The number of hydrogen-bond acceptors (Lipinski definition) is 5. The maximum Gasteiger partial charge on any atom is 0.295 e. The molecule has 202 valence electrons. The molecule has 0 saturated heterocycles. The van der Waals surface area contributed by atoms with Gasteiger partial charge in [-0.05, 0) is 69.5 Å². The number of nitrogens with one attached hydrogen (secondary N) is 1. The smallest absolute Gasteiger partial charge is 0.295 e. The molecule has 0 aliphatic heterocycles. The second-order valence-electron chi connectivity index (χ2n) is 9.86. The molecule has 1 aliphatic rings. The molecule has 1 N–H and O–H groups in total. The minimum atomic E-state index is -0.242. The van der Waals surface area contributed by atoms with E-state index in [4.69, 9.17) is 21.3 Å². The van der Waals surface area contributed by atoms with E-state index in [0.29, 0.717) is 41.0 Å². The van der Waals surface area contributed by atoms with Crippen LogP contribution in [-0.2, 0) is 11.8 Å². The molecular weight excluding hydrogens is 514 g/mol. The summed E-state index contributed by atoms with van der Waals surface area (Å²) < 4.78 is 9.12. The molecule has 1 saturated carbocycles. The van der Waals surface area contributed by atoms with Gasteiger partial charge >= 0.3 is 0 Å². The van der Waals surface area contributed by atoms with Crippen LogP contribution in [0.3, 0.4) is 0 Å². The molecule has 0 radical (unpaired) electrons. The molecule has 1 fully saturated rings. The average molecular weight is 546 g/mol. The number of hydrogen-bond donors (Lipinski definition) is 1. The summed E-state index contributed by atoms with van der Waals surface area (Å²) in [5, 5.41) is 3.54. The van der Waals surface area contributed by atoms with Crippen molar-refractivity contribution >= 4 is 23.2 Å². The summed E-state index contributed by atoms with van der Waals surface area (Å²) in [4.78, 5) is 36.0. The molecule has 0 bridgehead atoms. The Hall–Kier alpha value is -3.91. The Labute approximate surface area is 232 Å². The van der Waals surface area contributed by atoms with Gasteiger partial charge in [0, 0.05) is 35.8 Å². The van der Waals surface area contributed by atoms with Crippen molar-refractivity contribution in [2.45, 2.75) is 45.4 Å². The van der Waals surface area contributed by atoms with Crippen LogP contribution in [0.1, 0.15) is 49.9 Å². The molecule has 2 heterocycles. The van der Waals surface area contributed by atoms with Gasteiger partial charge in [0.15, 0.2) is 5.82 Å². The van der Waals surface area contributed by atoms with Crippen molar-refractivity contribution in [1.29, 1.82) is 0 Å². The van der Waals surface area contributed by atoms with E-state index in [2.05, 4.69) is 10.3 Å². The number of ether oxygens (including phenoxy) is 1. The summed E-state index contributed by atoms with van der Waals surface area (Å²) in [6.45, 7) is 4.29. The Morgan fingerprint density at radius 2 is 1.95 bits per heavy atom. The van der Waals surface area contributed by atoms with Gasteiger partial charge in [-0.1, -0.05) is 36.2 Å². The minimum Gasteiger partial charge on any atom is -0.493 e. The SMILES string of the molecule is CCOc1ccc(Cl)cc1-c1nccc(C2CCCC(C(=O)Nc3c(C)n(C)n(-c4ccccc4)c3=O)C2)n1. The summed E-state index contributed by atoms with van der Waals surface area (Å²) in [6, 6.07) is 16.7. The lowest BCUT2D eigenvalue weighted by molar-refractivity contribution is -0.120. The van der Waals surface area contributed by atoms with Crippen molar-refractivity contribution in [1.82, 2.24) is 19.3 Å². The topological polar surface area (TPSA) is 91.0 Å². The first-order valence-corrected chi connectivity index (χ1v) is 13.7. The van der Waals surface area contributed by atoms with E-state index in [1.807, 2.05) is 69.4 Å². The van der Waals surface area contributed by atoms with Crippen LogP contribution in [0.15, 0.2) is 65.6 Å². The van der Waals surface area contributed by atoms with E-state index < -0.39 is 0 Å². The zero-order valence-corrected chi connectivity index (χ0v) is 23.1. The van der Waals surface area contributed by atoms with Gasteiger partial charge in [-0.3, -0.25) is 14.3 Å². The summed E-state index contributed by atoms with van der Waals surface area (Å²) >= 11 is 6.26. The summed E-state index contributed by atoms with van der Waals surface area (Å²) in [5.74, 6) is 0.972. The standard InChI is InChI=1S/C30H32ClN5O3/c1-4-39-26-14-13-22(31)18-24(26)28-32-16-15-25(33-28)20-9-8-10-21(17-20)29(37)34-27-19(2)35(3)36(30(27)38)23-11-6-5-7-12-23/h5-7,11-16,18,20-21H,4,8-10,17H2,1-3H3,(H,34,37). The molecule has 2 atom stereocenters. The minimum absolute atomic E-state index is 0.101. The molecular formula is C30H32ClN5O3. The highest BCUT2D eigenvalue weighted by Gasteiger charge is 2.30. The predicted octanol–water partition coefficient (Wildman–Crippen LogP) is 5.91. The molecule has 1 aliphatic carbocycles. The third-order valence-electron chi connectivity index (χ3n) is 7.43. The third kappa shape index (κ3) is 5.47. The number of carbonyl (C=O) groups excluding carboxylic acids is 1. The highest BCUT2D eigenvalue weighted by molar-refractivity contribution is 6.30. The van der Waals surface area contributed by atoms with Gasteiger partial charge in [0.05, 0.1) is 23.6 Å². The number of anilines is 1. The first-order valence-electron chi connectivity index (χ1n) is 13.3. The van der Waals surface area contributed by atoms with E-state index in [1.54, 1.807) is 21.6 Å². The highest BCUT2D eigenvalue weighted by Crippen LogP contribution is 2.37. The zero-order valence-electron chi connectivity index (χ0n) is 22.4. The summed E-state index contributed by atoms with van der Waals surface area (Å²) in [7, 11) is 1.82. The van der Waals surface area contributed by atoms with Gasteiger partial charge in [0.1, 0.15) is 11.4 Å². The first kappa shape index (κ1) is 26.7. The number of benzene rings is 2. The van der Waals surface area contributed by atoms with E-state index in [0.717, 1.165) is 36.2 Å². The first-order chi connectivity index (χ1) is 18.9. The van der Waals surface area contributed by atoms with E-state index >= 15 is 0 Å². The fraction of sp³-hybridized carbons (Fsp3) is 0.333. The molecule has 2 aromatic heterocycles. The van der Waals surface area contributed by atoms with Crippen LogP contribution >= 0.6 is 11.6 Å². The largest absolute Gasteiger partial charge is 0.493 e. The number of nitrogens with zero attached hydrogens (tertiary/aromatic N) is 4. The predicted molar refractivity (Wildman–Crippen MR) is 153 cm³/mol. The third-order valence-corrected chi connectivity index (χ3v) is 7.66. The van der Waals surface area contributed by atoms with Gasteiger partial charge in [0.25, 0.3) is 5.56 Å². The molecule has 2 unspecified atom stereocenters. The maximum atomic E-state index is 13.4. The summed E-state index contributed by atoms with van der Waals surface area (Å²) in [5.41, 5.74) is 3.17. The Bertz CT molecular complexity index is 1550. The van der Waals surface area contributed by atoms with Gasteiger partial charge in [-0.2, -0.15) is 0 Å². The van der Waals surface area contributed by atoms with Crippen LogP contribution < -0.4 is 15.6 Å². The van der Waals surface area contributed by atoms with Gasteiger partial charge in [-0.25, -0.2) is 14.6 Å². The molecule has 8 nitrogen and oxygen atoms in total. The average Bonchev–Trinajstić information content (AvgIpc) is 3.17. The lowest BCUT2D eigenvalue weighted by Crippen LogP contribution is -2.30. The van der Waals surface area contributed by atoms with Crippen molar-refractivity contribution in [3.63, 3.8) is 0 Å². The Kier molecular flexibility index (Phi) is 7.84. The molecule has 9 heteroatoms. The van der Waals surface area contributed by atoms with Crippen molar-refractivity contribution in [2.75, 3.05) is 11.9 Å². The Morgan fingerprint density at radius 3 is 2.72 bits per heavy atom. The lowest BCUT2D eigenvalue weighted by Gasteiger charge is -2.28. The number of rotatable bonds is 7. The molecule has 1 amide bonds. The molecule has 5 rings (SSSR count). The second kappa shape index (κ2) is 11.5.